The third kappa shape index (κ3) is 4.97. The van der Waals surface area contributed by atoms with Crippen molar-refractivity contribution < 1.29 is 26.4 Å². The van der Waals surface area contributed by atoms with Crippen LogP contribution in [0.15, 0.2) is 29.2 Å². The Hall–Kier alpha value is -1.61. The van der Waals surface area contributed by atoms with E-state index in [2.05, 4.69) is 4.72 Å². The maximum absolute atomic E-state index is 12.9. The molecule has 0 aliphatic carbocycles. The van der Waals surface area contributed by atoms with Crippen LogP contribution in [0.3, 0.4) is 0 Å². The molecular formula is C17H23F3N2O3S. The Morgan fingerprint density at radius 3 is 2.46 bits per heavy atom. The SMILES string of the molecule is CC[C@@H](C)NS(=O)(=O)c1ccc(C(=O)N2CCC[C@H](C(F)(F)F)C2)cc1. The highest BCUT2D eigenvalue weighted by molar-refractivity contribution is 7.89. The minimum absolute atomic E-state index is 0.0150. The summed E-state index contributed by atoms with van der Waals surface area (Å²) in [6, 6.07) is 5.04. The van der Waals surface area contributed by atoms with E-state index in [9.17, 15) is 26.4 Å². The fourth-order valence-corrected chi connectivity index (χ4v) is 4.13. The summed E-state index contributed by atoms with van der Waals surface area (Å²) < 4.78 is 65.6. The van der Waals surface area contributed by atoms with Crippen LogP contribution < -0.4 is 4.72 Å². The molecular weight excluding hydrogens is 369 g/mol. The molecule has 146 valence electrons. The van der Waals surface area contributed by atoms with Gasteiger partial charge in [0, 0.05) is 24.7 Å². The quantitative estimate of drug-likeness (QED) is 0.837. The second-order valence-corrected chi connectivity index (χ2v) is 8.30. The van der Waals surface area contributed by atoms with E-state index in [-0.39, 0.29) is 36.0 Å². The van der Waals surface area contributed by atoms with Crippen LogP contribution in [0.25, 0.3) is 0 Å². The summed E-state index contributed by atoms with van der Waals surface area (Å²) in [5.74, 6) is -2.03. The number of likely N-dealkylation sites (tertiary alicyclic amines) is 1. The highest BCUT2D eigenvalue weighted by Crippen LogP contribution is 2.33. The fourth-order valence-electron chi connectivity index (χ4n) is 2.80. The number of carbonyl (C=O) groups is 1. The van der Waals surface area contributed by atoms with E-state index in [0.717, 1.165) is 0 Å². The molecule has 2 rings (SSSR count). The largest absolute Gasteiger partial charge is 0.393 e. The minimum atomic E-state index is -4.32. The van der Waals surface area contributed by atoms with Crippen molar-refractivity contribution in [2.24, 2.45) is 5.92 Å². The zero-order chi connectivity index (χ0) is 19.5. The van der Waals surface area contributed by atoms with Crippen LogP contribution in [0.5, 0.6) is 0 Å². The monoisotopic (exact) mass is 392 g/mol. The maximum atomic E-state index is 12.9. The van der Waals surface area contributed by atoms with Crippen molar-refractivity contribution in [1.82, 2.24) is 9.62 Å². The van der Waals surface area contributed by atoms with E-state index in [1.54, 1.807) is 6.92 Å². The zero-order valence-electron chi connectivity index (χ0n) is 14.7. The van der Waals surface area contributed by atoms with Crippen molar-refractivity contribution in [3.8, 4) is 0 Å². The number of alkyl halides is 3. The van der Waals surface area contributed by atoms with Crippen molar-refractivity contribution in [3.63, 3.8) is 0 Å². The second-order valence-electron chi connectivity index (χ2n) is 6.59. The summed E-state index contributed by atoms with van der Waals surface area (Å²) in [5, 5.41) is 0. The number of nitrogens with one attached hydrogen (secondary N) is 1. The Bertz CT molecular complexity index is 733. The molecule has 26 heavy (non-hydrogen) atoms. The topological polar surface area (TPSA) is 66.5 Å². The van der Waals surface area contributed by atoms with Crippen molar-refractivity contribution in [2.75, 3.05) is 13.1 Å². The van der Waals surface area contributed by atoms with Crippen LogP contribution in [0, 0.1) is 5.92 Å². The number of rotatable bonds is 5. The van der Waals surface area contributed by atoms with Gasteiger partial charge in [0.1, 0.15) is 0 Å². The van der Waals surface area contributed by atoms with Crippen LogP contribution in [-0.2, 0) is 10.0 Å². The maximum Gasteiger partial charge on any atom is 0.393 e. The molecule has 2 atom stereocenters. The van der Waals surface area contributed by atoms with Gasteiger partial charge in [0.05, 0.1) is 10.8 Å². The molecule has 1 amide bonds. The van der Waals surface area contributed by atoms with Gasteiger partial charge in [0.2, 0.25) is 10.0 Å². The molecule has 1 aromatic rings. The highest BCUT2D eigenvalue weighted by Gasteiger charge is 2.42. The average molecular weight is 392 g/mol. The number of benzene rings is 1. The number of piperidine rings is 1. The average Bonchev–Trinajstić information content (AvgIpc) is 2.60. The van der Waals surface area contributed by atoms with E-state index >= 15 is 0 Å². The summed E-state index contributed by atoms with van der Waals surface area (Å²) in [5.41, 5.74) is 0.176. The molecule has 1 aliphatic heterocycles. The molecule has 0 radical (unpaired) electrons. The normalized spacial score (nSPS) is 20.0. The van der Waals surface area contributed by atoms with Crippen molar-refractivity contribution in [1.29, 1.82) is 0 Å². The summed E-state index contributed by atoms with van der Waals surface area (Å²) in [6.45, 7) is 3.49. The Morgan fingerprint density at radius 1 is 1.31 bits per heavy atom. The first-order valence-corrected chi connectivity index (χ1v) is 10.0. The van der Waals surface area contributed by atoms with E-state index in [0.29, 0.717) is 12.8 Å². The van der Waals surface area contributed by atoms with E-state index in [1.807, 2.05) is 6.92 Å². The Kier molecular flexibility index (Phi) is 6.33. The molecule has 9 heteroatoms. The van der Waals surface area contributed by atoms with E-state index in [1.165, 1.54) is 29.2 Å². The molecule has 0 bridgehead atoms. The smallest absolute Gasteiger partial charge is 0.338 e. The summed E-state index contributed by atoms with van der Waals surface area (Å²) >= 11 is 0. The van der Waals surface area contributed by atoms with Crippen LogP contribution in [0.1, 0.15) is 43.5 Å². The summed E-state index contributed by atoms with van der Waals surface area (Å²) in [7, 11) is -3.69. The number of carbonyl (C=O) groups excluding carboxylic acids is 1. The molecule has 5 nitrogen and oxygen atoms in total. The van der Waals surface area contributed by atoms with Gasteiger partial charge in [-0.05, 0) is 50.5 Å². The lowest BCUT2D eigenvalue weighted by molar-refractivity contribution is -0.184. The fraction of sp³-hybridized carbons (Fsp3) is 0.588. The van der Waals surface area contributed by atoms with Gasteiger partial charge < -0.3 is 4.90 Å². The third-order valence-corrected chi connectivity index (χ3v) is 6.16. The molecule has 0 spiro atoms. The number of amides is 1. The Morgan fingerprint density at radius 2 is 1.92 bits per heavy atom. The van der Waals surface area contributed by atoms with Gasteiger partial charge in [-0.15, -0.1) is 0 Å². The van der Waals surface area contributed by atoms with Crippen molar-refractivity contribution in [2.45, 2.75) is 50.2 Å². The van der Waals surface area contributed by atoms with Gasteiger partial charge in [-0.2, -0.15) is 13.2 Å². The number of hydrogen-bond donors (Lipinski definition) is 1. The lowest BCUT2D eigenvalue weighted by Gasteiger charge is -2.33. The molecule has 0 unspecified atom stereocenters. The van der Waals surface area contributed by atoms with Gasteiger partial charge in [-0.1, -0.05) is 6.92 Å². The molecule has 1 saturated heterocycles. The van der Waals surface area contributed by atoms with Crippen molar-refractivity contribution in [3.05, 3.63) is 29.8 Å². The molecule has 1 heterocycles. The molecule has 0 saturated carbocycles. The minimum Gasteiger partial charge on any atom is -0.338 e. The van der Waals surface area contributed by atoms with Crippen LogP contribution in [0.2, 0.25) is 0 Å². The first-order chi connectivity index (χ1) is 12.0. The van der Waals surface area contributed by atoms with Crippen LogP contribution in [0.4, 0.5) is 13.2 Å². The van der Waals surface area contributed by atoms with Gasteiger partial charge in [-0.25, -0.2) is 13.1 Å². The zero-order valence-corrected chi connectivity index (χ0v) is 15.5. The summed E-state index contributed by atoms with van der Waals surface area (Å²) in [6.07, 6.45) is -3.38. The molecule has 1 aliphatic rings. The molecule has 1 fully saturated rings. The second kappa shape index (κ2) is 7.96. The Balaban J connectivity index is 2.11. The first kappa shape index (κ1) is 20.7. The number of halogens is 3. The van der Waals surface area contributed by atoms with Gasteiger partial charge in [0.25, 0.3) is 5.91 Å². The predicted octanol–water partition coefficient (Wildman–Crippen LogP) is 3.18. The third-order valence-electron chi connectivity index (χ3n) is 4.55. The molecule has 1 N–H and O–H groups in total. The molecule has 0 aromatic heterocycles. The number of nitrogens with zero attached hydrogens (tertiary/aromatic N) is 1. The van der Waals surface area contributed by atoms with Gasteiger partial charge >= 0.3 is 6.18 Å². The van der Waals surface area contributed by atoms with Gasteiger partial charge in [-0.3, -0.25) is 4.79 Å². The van der Waals surface area contributed by atoms with Crippen LogP contribution >= 0.6 is 0 Å². The first-order valence-electron chi connectivity index (χ1n) is 8.53. The highest BCUT2D eigenvalue weighted by atomic mass is 32.2. The van der Waals surface area contributed by atoms with Gasteiger partial charge in [0.15, 0.2) is 0 Å². The lowest BCUT2D eigenvalue weighted by Crippen LogP contribution is -2.44. The van der Waals surface area contributed by atoms with E-state index < -0.39 is 28.0 Å². The number of sulfonamides is 1. The predicted molar refractivity (Wildman–Crippen MR) is 91.2 cm³/mol. The van der Waals surface area contributed by atoms with E-state index in [4.69, 9.17) is 0 Å². The van der Waals surface area contributed by atoms with Crippen molar-refractivity contribution >= 4 is 15.9 Å². The standard InChI is InChI=1S/C17H23F3N2O3S/c1-3-12(2)21-26(24,25)15-8-6-13(7-9-15)16(23)22-10-4-5-14(11-22)17(18,19)20/h6-9,12,14,21H,3-5,10-11H2,1-2H3/t12-,14+/m1/s1. The summed E-state index contributed by atoms with van der Waals surface area (Å²) in [4.78, 5) is 13.6. The van der Waals surface area contributed by atoms with Crippen LogP contribution in [-0.4, -0.2) is 44.5 Å². The lowest BCUT2D eigenvalue weighted by atomic mass is 9.97. The number of hydrogen-bond acceptors (Lipinski definition) is 3. The Labute approximate surface area is 151 Å². The molecule has 1 aromatic carbocycles.